The summed E-state index contributed by atoms with van der Waals surface area (Å²) in [5, 5.41) is 6.01. The van der Waals surface area contributed by atoms with Gasteiger partial charge in [0.05, 0.1) is 0 Å². The van der Waals surface area contributed by atoms with Gasteiger partial charge in [0.1, 0.15) is 0 Å². The van der Waals surface area contributed by atoms with Crippen molar-refractivity contribution >= 4 is 17.4 Å². The van der Waals surface area contributed by atoms with Crippen LogP contribution in [-0.2, 0) is 0 Å². The SMILES string of the molecule is CNc1ccc(NC(=O)N2CCCCC2C)cc1. The second-order valence-electron chi connectivity index (χ2n) is 4.80. The zero-order valence-corrected chi connectivity index (χ0v) is 11.1. The fourth-order valence-electron chi connectivity index (χ4n) is 2.32. The van der Waals surface area contributed by atoms with Gasteiger partial charge in [0.15, 0.2) is 0 Å². The van der Waals surface area contributed by atoms with E-state index in [2.05, 4.69) is 17.6 Å². The molecule has 1 heterocycles. The first-order chi connectivity index (χ1) is 8.70. The van der Waals surface area contributed by atoms with Gasteiger partial charge in [0.2, 0.25) is 0 Å². The molecule has 1 aliphatic rings. The minimum absolute atomic E-state index is 0.0133. The Bertz CT molecular complexity index is 402. The molecule has 4 nitrogen and oxygen atoms in total. The van der Waals surface area contributed by atoms with Crippen molar-refractivity contribution in [3.05, 3.63) is 24.3 Å². The molecular formula is C14H21N3O. The van der Waals surface area contributed by atoms with Gasteiger partial charge in [-0.3, -0.25) is 0 Å². The summed E-state index contributed by atoms with van der Waals surface area (Å²) in [5.74, 6) is 0. The van der Waals surface area contributed by atoms with Gasteiger partial charge in [-0.15, -0.1) is 0 Å². The normalized spacial score (nSPS) is 19.4. The number of likely N-dealkylation sites (tertiary alicyclic amines) is 1. The average molecular weight is 247 g/mol. The number of benzene rings is 1. The van der Waals surface area contributed by atoms with Crippen LogP contribution in [0.3, 0.4) is 0 Å². The minimum atomic E-state index is 0.0133. The zero-order chi connectivity index (χ0) is 13.0. The number of amides is 2. The summed E-state index contributed by atoms with van der Waals surface area (Å²) in [6.07, 6.45) is 3.43. The molecule has 4 heteroatoms. The summed E-state index contributed by atoms with van der Waals surface area (Å²) >= 11 is 0. The molecule has 0 aliphatic carbocycles. The lowest BCUT2D eigenvalue weighted by Crippen LogP contribution is -2.44. The summed E-state index contributed by atoms with van der Waals surface area (Å²) in [7, 11) is 1.88. The summed E-state index contributed by atoms with van der Waals surface area (Å²) in [4.78, 5) is 14.1. The predicted octanol–water partition coefficient (Wildman–Crippen LogP) is 3.13. The molecule has 0 saturated carbocycles. The third-order valence-corrected chi connectivity index (χ3v) is 3.49. The number of hydrogen-bond acceptors (Lipinski definition) is 2. The molecule has 18 heavy (non-hydrogen) atoms. The third-order valence-electron chi connectivity index (χ3n) is 3.49. The first-order valence-electron chi connectivity index (χ1n) is 6.56. The molecule has 1 saturated heterocycles. The number of rotatable bonds is 2. The summed E-state index contributed by atoms with van der Waals surface area (Å²) < 4.78 is 0. The number of piperidine rings is 1. The van der Waals surface area contributed by atoms with E-state index < -0.39 is 0 Å². The highest BCUT2D eigenvalue weighted by Gasteiger charge is 2.22. The standard InChI is InChI=1S/C14H21N3O/c1-11-5-3-4-10-17(11)14(18)16-13-8-6-12(15-2)7-9-13/h6-9,11,15H,3-5,10H2,1-2H3,(H,16,18). The lowest BCUT2D eigenvalue weighted by Gasteiger charge is -2.33. The minimum Gasteiger partial charge on any atom is -0.388 e. The molecule has 2 amide bonds. The van der Waals surface area contributed by atoms with Gasteiger partial charge in [-0.2, -0.15) is 0 Å². The van der Waals surface area contributed by atoms with Crippen LogP contribution in [0.5, 0.6) is 0 Å². The van der Waals surface area contributed by atoms with Crippen molar-refractivity contribution in [3.8, 4) is 0 Å². The van der Waals surface area contributed by atoms with Crippen molar-refractivity contribution in [1.82, 2.24) is 4.90 Å². The number of carbonyl (C=O) groups is 1. The fourth-order valence-corrected chi connectivity index (χ4v) is 2.32. The van der Waals surface area contributed by atoms with Crippen LogP contribution in [-0.4, -0.2) is 30.6 Å². The van der Waals surface area contributed by atoms with Crippen molar-refractivity contribution in [2.24, 2.45) is 0 Å². The zero-order valence-electron chi connectivity index (χ0n) is 11.1. The van der Waals surface area contributed by atoms with Gasteiger partial charge < -0.3 is 15.5 Å². The predicted molar refractivity (Wildman–Crippen MR) is 75.0 cm³/mol. The number of urea groups is 1. The quantitative estimate of drug-likeness (QED) is 0.843. The smallest absolute Gasteiger partial charge is 0.322 e. The summed E-state index contributed by atoms with van der Waals surface area (Å²) in [6, 6.07) is 8.09. The van der Waals surface area contributed by atoms with E-state index in [0.29, 0.717) is 6.04 Å². The van der Waals surface area contributed by atoms with E-state index in [1.165, 1.54) is 6.42 Å². The van der Waals surface area contributed by atoms with Crippen LogP contribution < -0.4 is 10.6 Å². The van der Waals surface area contributed by atoms with Gasteiger partial charge in [0, 0.05) is 31.0 Å². The first kappa shape index (κ1) is 12.7. The van der Waals surface area contributed by atoms with Crippen molar-refractivity contribution in [1.29, 1.82) is 0 Å². The van der Waals surface area contributed by atoms with Crippen LogP contribution in [0, 0.1) is 0 Å². The summed E-state index contributed by atoms with van der Waals surface area (Å²) in [5.41, 5.74) is 1.89. The Balaban J connectivity index is 1.97. The number of carbonyl (C=O) groups excluding carboxylic acids is 1. The molecule has 1 aromatic rings. The molecule has 1 unspecified atom stereocenters. The Morgan fingerprint density at radius 3 is 2.50 bits per heavy atom. The largest absolute Gasteiger partial charge is 0.388 e. The number of nitrogens with one attached hydrogen (secondary N) is 2. The van der Waals surface area contributed by atoms with Crippen molar-refractivity contribution < 1.29 is 4.79 Å². The van der Waals surface area contributed by atoms with Crippen LogP contribution in [0.15, 0.2) is 24.3 Å². The second-order valence-corrected chi connectivity index (χ2v) is 4.80. The number of nitrogens with zero attached hydrogens (tertiary/aromatic N) is 1. The Morgan fingerprint density at radius 2 is 1.89 bits per heavy atom. The molecule has 98 valence electrons. The lowest BCUT2D eigenvalue weighted by molar-refractivity contribution is 0.170. The second kappa shape index (κ2) is 5.76. The van der Waals surface area contributed by atoms with Crippen molar-refractivity contribution in [2.45, 2.75) is 32.2 Å². The number of hydrogen-bond donors (Lipinski definition) is 2. The summed E-state index contributed by atoms with van der Waals surface area (Å²) in [6.45, 7) is 2.98. The topological polar surface area (TPSA) is 44.4 Å². The Hall–Kier alpha value is -1.71. The Labute approximate surface area is 108 Å². The van der Waals surface area contributed by atoms with Crippen molar-refractivity contribution in [2.75, 3.05) is 24.2 Å². The molecule has 1 fully saturated rings. The molecular weight excluding hydrogens is 226 g/mol. The van der Waals surface area contributed by atoms with Gasteiger partial charge >= 0.3 is 6.03 Å². The molecule has 0 spiro atoms. The highest BCUT2D eigenvalue weighted by molar-refractivity contribution is 5.89. The Kier molecular flexibility index (Phi) is 4.07. The van der Waals surface area contributed by atoms with E-state index >= 15 is 0 Å². The highest BCUT2D eigenvalue weighted by Crippen LogP contribution is 2.19. The van der Waals surface area contributed by atoms with Crippen LogP contribution in [0.2, 0.25) is 0 Å². The van der Waals surface area contributed by atoms with Crippen LogP contribution >= 0.6 is 0 Å². The monoisotopic (exact) mass is 247 g/mol. The van der Waals surface area contributed by atoms with Crippen LogP contribution in [0.1, 0.15) is 26.2 Å². The number of anilines is 2. The molecule has 1 aliphatic heterocycles. The maximum atomic E-state index is 12.1. The average Bonchev–Trinajstić information content (AvgIpc) is 2.40. The molecule has 0 radical (unpaired) electrons. The molecule has 1 atom stereocenters. The molecule has 2 rings (SSSR count). The molecule has 0 aromatic heterocycles. The third kappa shape index (κ3) is 2.94. The molecule has 2 N–H and O–H groups in total. The highest BCUT2D eigenvalue weighted by atomic mass is 16.2. The fraction of sp³-hybridized carbons (Fsp3) is 0.500. The van der Waals surface area contributed by atoms with E-state index in [4.69, 9.17) is 0 Å². The van der Waals surface area contributed by atoms with Gasteiger partial charge in [-0.25, -0.2) is 4.79 Å². The lowest BCUT2D eigenvalue weighted by atomic mass is 10.0. The first-order valence-corrected chi connectivity index (χ1v) is 6.56. The Morgan fingerprint density at radius 1 is 1.22 bits per heavy atom. The molecule has 0 bridgehead atoms. The molecule has 1 aromatic carbocycles. The van der Waals surface area contributed by atoms with E-state index in [-0.39, 0.29) is 6.03 Å². The van der Waals surface area contributed by atoms with Crippen molar-refractivity contribution in [3.63, 3.8) is 0 Å². The van der Waals surface area contributed by atoms with Crippen LogP contribution in [0.4, 0.5) is 16.2 Å². The van der Waals surface area contributed by atoms with Gasteiger partial charge in [0.25, 0.3) is 0 Å². The van der Waals surface area contributed by atoms with E-state index in [1.807, 2.05) is 36.2 Å². The maximum Gasteiger partial charge on any atom is 0.322 e. The maximum absolute atomic E-state index is 12.1. The van der Waals surface area contributed by atoms with E-state index in [1.54, 1.807) is 0 Å². The van der Waals surface area contributed by atoms with E-state index in [0.717, 1.165) is 30.8 Å². The van der Waals surface area contributed by atoms with Gasteiger partial charge in [-0.1, -0.05) is 0 Å². The van der Waals surface area contributed by atoms with Crippen LogP contribution in [0.25, 0.3) is 0 Å². The van der Waals surface area contributed by atoms with E-state index in [9.17, 15) is 4.79 Å². The van der Waals surface area contributed by atoms with Gasteiger partial charge in [-0.05, 0) is 50.5 Å².